The van der Waals surface area contributed by atoms with Gasteiger partial charge in [-0.3, -0.25) is 14.6 Å². The predicted octanol–water partition coefficient (Wildman–Crippen LogP) is 2.02. The first-order valence-electron chi connectivity index (χ1n) is 9.94. The highest BCUT2D eigenvalue weighted by molar-refractivity contribution is 6.30. The zero-order chi connectivity index (χ0) is 21.7. The lowest BCUT2D eigenvalue weighted by Gasteiger charge is -2.34. The second-order valence-electron chi connectivity index (χ2n) is 7.43. The van der Waals surface area contributed by atoms with Crippen molar-refractivity contribution in [3.05, 3.63) is 57.1 Å². The molecule has 10 heteroatoms. The van der Waals surface area contributed by atoms with Gasteiger partial charge in [0, 0.05) is 68.8 Å². The maximum Gasteiger partial charge on any atom is 0.417 e. The van der Waals surface area contributed by atoms with Crippen LogP contribution in [0.1, 0.15) is 18.0 Å². The summed E-state index contributed by atoms with van der Waals surface area (Å²) in [5, 5.41) is 12.6. The average molecular weight is 447 g/mol. The van der Waals surface area contributed by atoms with Crippen LogP contribution in [-0.4, -0.2) is 71.9 Å². The summed E-state index contributed by atoms with van der Waals surface area (Å²) in [6, 6.07) is 1.06. The third-order valence-electron chi connectivity index (χ3n) is 5.41. The second kappa shape index (κ2) is 10.00. The molecule has 0 radical (unpaired) electrons. The maximum absolute atomic E-state index is 13.0. The van der Waals surface area contributed by atoms with E-state index in [0.29, 0.717) is 24.5 Å². The largest absolute Gasteiger partial charge is 0.417 e. The number of piperazine rings is 1. The Morgan fingerprint density at radius 2 is 1.80 bits per heavy atom. The van der Waals surface area contributed by atoms with Crippen LogP contribution in [0.5, 0.6) is 0 Å². The molecule has 2 N–H and O–H groups in total. The van der Waals surface area contributed by atoms with Gasteiger partial charge in [-0.15, -0.1) is 0 Å². The van der Waals surface area contributed by atoms with Crippen LogP contribution in [-0.2, 0) is 6.18 Å². The SMILES string of the molecule is O=c1ccc(C(F)(F)F)cn1C1CC=C(NCCN2CCN(CCO)CC2)C=C1Cl. The van der Waals surface area contributed by atoms with Crippen molar-refractivity contribution in [2.24, 2.45) is 0 Å². The Balaban J connectivity index is 1.53. The standard InChI is InChI=1S/C20H26ClF3N4O2/c21-17-13-16(25-5-6-26-7-9-27(10-8-26)11-12-29)2-3-18(17)28-14-15(20(22,23)24)1-4-19(28)30/h1-2,4,13-14,18,25,29H,3,5-12H2. The molecule has 0 spiro atoms. The van der Waals surface area contributed by atoms with Crippen LogP contribution in [0.4, 0.5) is 13.2 Å². The van der Waals surface area contributed by atoms with Crippen LogP contribution in [0.25, 0.3) is 0 Å². The third-order valence-corrected chi connectivity index (χ3v) is 5.77. The van der Waals surface area contributed by atoms with E-state index in [-0.39, 0.29) is 6.61 Å². The van der Waals surface area contributed by atoms with E-state index >= 15 is 0 Å². The summed E-state index contributed by atoms with van der Waals surface area (Å²) in [6.07, 6.45) is 0.154. The number of halogens is 4. The zero-order valence-electron chi connectivity index (χ0n) is 16.5. The Bertz CT molecular complexity index is 845. The van der Waals surface area contributed by atoms with Gasteiger partial charge in [-0.25, -0.2) is 0 Å². The molecule has 1 aromatic rings. The Morgan fingerprint density at radius 3 is 2.40 bits per heavy atom. The number of aliphatic hydroxyl groups excluding tert-OH is 1. The fraction of sp³-hybridized carbons (Fsp3) is 0.550. The van der Waals surface area contributed by atoms with Crippen LogP contribution in [0.15, 0.2) is 46.0 Å². The highest BCUT2D eigenvalue weighted by Gasteiger charge is 2.32. The van der Waals surface area contributed by atoms with Crippen molar-refractivity contribution in [1.82, 2.24) is 19.7 Å². The lowest BCUT2D eigenvalue weighted by atomic mass is 10.1. The molecule has 1 saturated heterocycles. The van der Waals surface area contributed by atoms with Gasteiger partial charge in [0.1, 0.15) is 0 Å². The number of aromatic nitrogens is 1. The molecule has 3 rings (SSSR count). The number of rotatable bonds is 7. The van der Waals surface area contributed by atoms with E-state index in [4.69, 9.17) is 16.7 Å². The molecule has 0 bridgehead atoms. The van der Waals surface area contributed by atoms with Gasteiger partial charge in [0.05, 0.1) is 18.2 Å². The van der Waals surface area contributed by atoms with E-state index in [2.05, 4.69) is 15.1 Å². The van der Waals surface area contributed by atoms with Gasteiger partial charge in [0.15, 0.2) is 0 Å². The Kier molecular flexibility index (Phi) is 7.62. The highest BCUT2D eigenvalue weighted by atomic mass is 35.5. The van der Waals surface area contributed by atoms with E-state index in [9.17, 15) is 18.0 Å². The number of allylic oxidation sites excluding steroid dienone is 3. The third kappa shape index (κ3) is 5.87. The molecule has 0 saturated carbocycles. The first-order valence-corrected chi connectivity index (χ1v) is 10.3. The molecule has 1 unspecified atom stereocenters. The predicted molar refractivity (Wildman–Crippen MR) is 109 cm³/mol. The molecule has 30 heavy (non-hydrogen) atoms. The van der Waals surface area contributed by atoms with Gasteiger partial charge in [0.2, 0.25) is 0 Å². The van der Waals surface area contributed by atoms with Crippen molar-refractivity contribution >= 4 is 11.6 Å². The summed E-state index contributed by atoms with van der Waals surface area (Å²) < 4.78 is 40.0. The van der Waals surface area contributed by atoms with Crippen molar-refractivity contribution in [3.63, 3.8) is 0 Å². The molecular weight excluding hydrogens is 421 g/mol. The van der Waals surface area contributed by atoms with Crippen molar-refractivity contribution < 1.29 is 18.3 Å². The Morgan fingerprint density at radius 1 is 1.13 bits per heavy atom. The number of aliphatic hydroxyl groups is 1. The van der Waals surface area contributed by atoms with E-state index in [1.807, 2.05) is 6.08 Å². The lowest BCUT2D eigenvalue weighted by Crippen LogP contribution is -2.48. The first-order chi connectivity index (χ1) is 14.3. The van der Waals surface area contributed by atoms with Crippen LogP contribution < -0.4 is 10.9 Å². The number of hydrogen-bond donors (Lipinski definition) is 2. The fourth-order valence-corrected chi connectivity index (χ4v) is 3.99. The number of hydrogen-bond acceptors (Lipinski definition) is 5. The summed E-state index contributed by atoms with van der Waals surface area (Å²) in [6.45, 7) is 6.20. The van der Waals surface area contributed by atoms with Gasteiger partial charge < -0.3 is 15.0 Å². The summed E-state index contributed by atoms with van der Waals surface area (Å²) in [5.41, 5.74) is -0.599. The molecule has 0 amide bonds. The molecule has 2 aliphatic rings. The lowest BCUT2D eigenvalue weighted by molar-refractivity contribution is -0.138. The van der Waals surface area contributed by atoms with Gasteiger partial charge in [-0.05, 0) is 18.6 Å². The Labute approximate surface area is 178 Å². The van der Waals surface area contributed by atoms with Gasteiger partial charge >= 0.3 is 6.18 Å². The monoisotopic (exact) mass is 446 g/mol. The summed E-state index contributed by atoms with van der Waals surface area (Å²) in [4.78, 5) is 16.6. The number of alkyl halides is 3. The average Bonchev–Trinajstić information content (AvgIpc) is 2.69. The van der Waals surface area contributed by atoms with Crippen LogP contribution in [0.2, 0.25) is 0 Å². The topological polar surface area (TPSA) is 60.7 Å². The van der Waals surface area contributed by atoms with Gasteiger partial charge in [0.25, 0.3) is 5.56 Å². The molecule has 1 aliphatic carbocycles. The summed E-state index contributed by atoms with van der Waals surface area (Å²) in [7, 11) is 0. The van der Waals surface area contributed by atoms with Gasteiger partial charge in [-0.1, -0.05) is 17.7 Å². The molecular formula is C20H26ClF3N4O2. The van der Waals surface area contributed by atoms with Crippen LogP contribution in [0.3, 0.4) is 0 Å². The van der Waals surface area contributed by atoms with Crippen molar-refractivity contribution in [1.29, 1.82) is 0 Å². The molecule has 1 aliphatic heterocycles. The number of nitrogens with zero attached hydrogens (tertiary/aromatic N) is 3. The quantitative estimate of drug-likeness (QED) is 0.671. The van der Waals surface area contributed by atoms with Crippen molar-refractivity contribution in [2.75, 3.05) is 52.4 Å². The van der Waals surface area contributed by atoms with E-state index in [1.54, 1.807) is 6.08 Å². The molecule has 6 nitrogen and oxygen atoms in total. The minimum absolute atomic E-state index is 0.177. The zero-order valence-corrected chi connectivity index (χ0v) is 17.3. The highest BCUT2D eigenvalue weighted by Crippen LogP contribution is 2.32. The minimum Gasteiger partial charge on any atom is -0.395 e. The van der Waals surface area contributed by atoms with E-state index in [0.717, 1.165) is 61.3 Å². The fourth-order valence-electron chi connectivity index (χ4n) is 3.68. The number of β-amino-alcohol motifs (C(OH)–C–C–N with tert-alkyl or cyclic N) is 1. The maximum atomic E-state index is 13.0. The van der Waals surface area contributed by atoms with Gasteiger partial charge in [-0.2, -0.15) is 13.2 Å². The number of pyridine rings is 1. The van der Waals surface area contributed by atoms with Crippen molar-refractivity contribution in [3.8, 4) is 0 Å². The van der Waals surface area contributed by atoms with Crippen LogP contribution >= 0.6 is 11.6 Å². The normalized spacial score (nSPS) is 21.3. The molecule has 1 fully saturated rings. The van der Waals surface area contributed by atoms with Crippen LogP contribution in [0, 0.1) is 0 Å². The smallest absolute Gasteiger partial charge is 0.395 e. The molecule has 0 aromatic carbocycles. The summed E-state index contributed by atoms with van der Waals surface area (Å²) in [5.74, 6) is 0. The van der Waals surface area contributed by atoms with E-state index < -0.39 is 23.3 Å². The molecule has 2 heterocycles. The van der Waals surface area contributed by atoms with Crippen molar-refractivity contribution in [2.45, 2.75) is 18.6 Å². The Hall–Kier alpha value is -1.81. The van der Waals surface area contributed by atoms with E-state index in [1.165, 1.54) is 0 Å². The second-order valence-corrected chi connectivity index (χ2v) is 7.87. The number of nitrogens with one attached hydrogen (secondary N) is 1. The molecule has 1 atom stereocenters. The summed E-state index contributed by atoms with van der Waals surface area (Å²) >= 11 is 6.33. The molecule has 1 aromatic heterocycles. The molecule has 166 valence electrons. The minimum atomic E-state index is -4.52. The first kappa shape index (κ1) is 22.9.